The molecule has 0 aliphatic carbocycles. The molecule has 2 aromatic heterocycles. The van der Waals surface area contributed by atoms with Crippen LogP contribution in [0.15, 0.2) is 53.2 Å². The van der Waals surface area contributed by atoms with Crippen molar-refractivity contribution >= 4 is 28.5 Å². The molecular formula is C22H19ClN4O2. The van der Waals surface area contributed by atoms with Gasteiger partial charge in [0.2, 0.25) is 0 Å². The summed E-state index contributed by atoms with van der Waals surface area (Å²) in [6, 6.07) is 13.6. The third kappa shape index (κ3) is 2.91. The number of aromatic nitrogens is 3. The summed E-state index contributed by atoms with van der Waals surface area (Å²) >= 11 is 6.36. The summed E-state index contributed by atoms with van der Waals surface area (Å²) in [4.78, 5) is 15.1. The van der Waals surface area contributed by atoms with Crippen LogP contribution in [0.4, 0.5) is 0 Å². The first-order chi connectivity index (χ1) is 14.0. The molecule has 0 saturated heterocycles. The molecular weight excluding hydrogens is 388 g/mol. The van der Waals surface area contributed by atoms with E-state index in [2.05, 4.69) is 10.3 Å². The van der Waals surface area contributed by atoms with Crippen LogP contribution in [0, 0.1) is 6.92 Å². The van der Waals surface area contributed by atoms with Crippen molar-refractivity contribution in [2.45, 2.75) is 25.9 Å². The molecule has 4 aromatic rings. The maximum Gasteiger partial charge on any atom is 0.255 e. The number of amides is 1. The summed E-state index contributed by atoms with van der Waals surface area (Å²) in [5, 5.41) is 9.86. The largest absolute Gasteiger partial charge is 0.356 e. The lowest BCUT2D eigenvalue weighted by Crippen LogP contribution is -2.29. The Labute approximate surface area is 172 Å². The number of hydrogen-bond donors (Lipinski definition) is 0. The lowest BCUT2D eigenvalue weighted by molar-refractivity contribution is 0.0707. The summed E-state index contributed by atoms with van der Waals surface area (Å²) in [6.45, 7) is 2.39. The Morgan fingerprint density at radius 3 is 2.83 bits per heavy atom. The molecule has 29 heavy (non-hydrogen) atoms. The molecule has 3 heterocycles. The molecule has 0 spiro atoms. The second kappa shape index (κ2) is 6.74. The third-order valence-corrected chi connectivity index (χ3v) is 5.97. The average molecular weight is 407 g/mol. The highest BCUT2D eigenvalue weighted by atomic mass is 35.5. The Morgan fingerprint density at radius 1 is 1.21 bits per heavy atom. The lowest BCUT2D eigenvalue weighted by Gasteiger charge is -2.26. The van der Waals surface area contributed by atoms with Crippen molar-refractivity contribution in [2.24, 2.45) is 7.05 Å². The standard InChI is InChI=1S/C22H19ClN4O2/c1-13-15-8-7-14(9-21(15)29-25-13)12-27-19(10-20-18(23)11-24-26(20)2)16-5-3-4-6-17(16)22(27)28/h3-9,11,19H,10,12H2,1-2H3. The first kappa shape index (κ1) is 17.9. The fourth-order valence-corrected chi connectivity index (χ4v) is 4.34. The van der Waals surface area contributed by atoms with Crippen molar-refractivity contribution in [3.8, 4) is 0 Å². The zero-order valence-electron chi connectivity index (χ0n) is 16.1. The second-order valence-electron chi connectivity index (χ2n) is 7.40. The molecule has 146 valence electrons. The Bertz CT molecular complexity index is 1220. The SMILES string of the molecule is Cc1noc2cc(CN3C(=O)c4ccccc4C3Cc3c(Cl)cnn3C)ccc12. The highest BCUT2D eigenvalue weighted by Gasteiger charge is 2.37. The predicted molar refractivity (Wildman–Crippen MR) is 110 cm³/mol. The Hall–Kier alpha value is -3.12. The first-order valence-corrected chi connectivity index (χ1v) is 9.82. The van der Waals surface area contributed by atoms with E-state index in [1.165, 1.54) is 0 Å². The van der Waals surface area contributed by atoms with Crippen LogP contribution in [-0.2, 0) is 20.0 Å². The number of fused-ring (bicyclic) bond motifs is 2. The van der Waals surface area contributed by atoms with E-state index in [9.17, 15) is 4.79 Å². The Kier molecular flexibility index (Phi) is 4.17. The van der Waals surface area contributed by atoms with Crippen LogP contribution in [-0.4, -0.2) is 25.7 Å². The second-order valence-corrected chi connectivity index (χ2v) is 7.81. The van der Waals surface area contributed by atoms with Crippen molar-refractivity contribution < 1.29 is 9.32 Å². The van der Waals surface area contributed by atoms with Crippen molar-refractivity contribution in [1.29, 1.82) is 0 Å². The molecule has 0 radical (unpaired) electrons. The fraction of sp³-hybridized carbons (Fsp3) is 0.227. The highest BCUT2D eigenvalue weighted by molar-refractivity contribution is 6.31. The monoisotopic (exact) mass is 406 g/mol. The Morgan fingerprint density at radius 2 is 2.03 bits per heavy atom. The van der Waals surface area contributed by atoms with Crippen molar-refractivity contribution in [3.05, 3.63) is 81.8 Å². The molecule has 1 aliphatic rings. The molecule has 7 heteroatoms. The zero-order valence-corrected chi connectivity index (χ0v) is 16.8. The number of carbonyl (C=O) groups excluding carboxylic acids is 1. The molecule has 1 atom stereocenters. The number of halogens is 1. The van der Waals surface area contributed by atoms with Gasteiger partial charge < -0.3 is 9.42 Å². The molecule has 6 nitrogen and oxygen atoms in total. The number of benzene rings is 2. The van der Waals surface area contributed by atoms with Gasteiger partial charge in [0.25, 0.3) is 5.91 Å². The molecule has 1 aliphatic heterocycles. The van der Waals surface area contributed by atoms with Crippen LogP contribution in [0.25, 0.3) is 11.0 Å². The van der Waals surface area contributed by atoms with Crippen LogP contribution in [0.2, 0.25) is 5.02 Å². The molecule has 0 bridgehead atoms. The van der Waals surface area contributed by atoms with Gasteiger partial charge in [-0.2, -0.15) is 5.10 Å². The van der Waals surface area contributed by atoms with Crippen molar-refractivity contribution in [2.75, 3.05) is 0 Å². The molecule has 5 rings (SSSR count). The number of carbonyl (C=O) groups is 1. The number of rotatable bonds is 4. The zero-order chi connectivity index (χ0) is 20.1. The van der Waals surface area contributed by atoms with Crippen LogP contribution >= 0.6 is 11.6 Å². The minimum atomic E-state index is -0.112. The van der Waals surface area contributed by atoms with E-state index in [0.717, 1.165) is 39.0 Å². The fourth-order valence-electron chi connectivity index (χ4n) is 4.10. The molecule has 0 fully saturated rings. The molecule has 2 aromatic carbocycles. The number of aryl methyl sites for hydroxylation is 2. The van der Waals surface area contributed by atoms with E-state index in [-0.39, 0.29) is 11.9 Å². The molecule has 0 saturated carbocycles. The minimum absolute atomic E-state index is 0.0257. The van der Waals surface area contributed by atoms with Gasteiger partial charge >= 0.3 is 0 Å². The van der Waals surface area contributed by atoms with E-state index in [0.29, 0.717) is 18.0 Å². The summed E-state index contributed by atoms with van der Waals surface area (Å²) in [7, 11) is 1.87. The van der Waals surface area contributed by atoms with Crippen LogP contribution in [0.1, 0.15) is 38.9 Å². The normalized spacial score (nSPS) is 16.0. The van der Waals surface area contributed by atoms with Gasteiger partial charge in [0.1, 0.15) is 0 Å². The van der Waals surface area contributed by atoms with Gasteiger partial charge in [-0.15, -0.1) is 0 Å². The van der Waals surface area contributed by atoms with Crippen molar-refractivity contribution in [1.82, 2.24) is 19.8 Å². The third-order valence-electron chi connectivity index (χ3n) is 5.65. The maximum absolute atomic E-state index is 13.2. The van der Waals surface area contributed by atoms with Crippen LogP contribution < -0.4 is 0 Å². The summed E-state index contributed by atoms with van der Waals surface area (Å²) in [5.74, 6) is 0.0257. The molecule has 1 unspecified atom stereocenters. The summed E-state index contributed by atoms with van der Waals surface area (Å²) < 4.78 is 7.18. The van der Waals surface area contributed by atoms with E-state index >= 15 is 0 Å². The summed E-state index contributed by atoms with van der Waals surface area (Å²) in [6.07, 6.45) is 2.24. The first-order valence-electron chi connectivity index (χ1n) is 9.44. The lowest BCUT2D eigenvalue weighted by atomic mass is 10.0. The van der Waals surface area contributed by atoms with E-state index in [1.807, 2.05) is 61.3 Å². The number of nitrogens with zero attached hydrogens (tertiary/aromatic N) is 4. The van der Waals surface area contributed by atoms with E-state index < -0.39 is 0 Å². The Balaban J connectivity index is 1.53. The van der Waals surface area contributed by atoms with Gasteiger partial charge in [0, 0.05) is 31.0 Å². The molecule has 1 amide bonds. The van der Waals surface area contributed by atoms with Crippen LogP contribution in [0.3, 0.4) is 0 Å². The topological polar surface area (TPSA) is 64.2 Å². The molecule has 0 N–H and O–H groups in total. The predicted octanol–water partition coefficient (Wildman–Crippen LogP) is 4.46. The number of hydrogen-bond acceptors (Lipinski definition) is 4. The van der Waals surface area contributed by atoms with E-state index in [1.54, 1.807) is 10.9 Å². The van der Waals surface area contributed by atoms with Crippen LogP contribution in [0.5, 0.6) is 0 Å². The van der Waals surface area contributed by atoms with Gasteiger partial charge in [0.15, 0.2) is 5.58 Å². The van der Waals surface area contributed by atoms with E-state index in [4.69, 9.17) is 16.1 Å². The average Bonchev–Trinajstić information content (AvgIpc) is 3.34. The van der Waals surface area contributed by atoms with Gasteiger partial charge in [-0.05, 0) is 36.2 Å². The maximum atomic E-state index is 13.2. The van der Waals surface area contributed by atoms with Crippen molar-refractivity contribution in [3.63, 3.8) is 0 Å². The highest BCUT2D eigenvalue weighted by Crippen LogP contribution is 2.38. The van der Waals surface area contributed by atoms with Gasteiger partial charge in [-0.25, -0.2) is 0 Å². The smallest absolute Gasteiger partial charge is 0.255 e. The van der Waals surface area contributed by atoms with Gasteiger partial charge in [-0.3, -0.25) is 9.48 Å². The summed E-state index contributed by atoms with van der Waals surface area (Å²) in [5.41, 5.74) is 5.26. The minimum Gasteiger partial charge on any atom is -0.356 e. The quantitative estimate of drug-likeness (QED) is 0.501. The van der Waals surface area contributed by atoms with Gasteiger partial charge in [0.05, 0.1) is 28.6 Å². The van der Waals surface area contributed by atoms with Gasteiger partial charge in [-0.1, -0.05) is 41.0 Å².